The summed E-state index contributed by atoms with van der Waals surface area (Å²) in [6.07, 6.45) is 0. The zero-order valence-corrected chi connectivity index (χ0v) is 16.7. The Hall–Kier alpha value is -3.05. The maximum Gasteiger partial charge on any atom is 0.338 e. The summed E-state index contributed by atoms with van der Waals surface area (Å²) in [7, 11) is 0. The van der Waals surface area contributed by atoms with E-state index in [9.17, 15) is 9.18 Å². The third-order valence-corrected chi connectivity index (χ3v) is 4.44. The molecule has 0 bridgehead atoms. The number of benzene rings is 3. The van der Waals surface area contributed by atoms with E-state index < -0.39 is 0 Å². The highest BCUT2D eigenvalue weighted by atomic mass is 35.5. The number of anilines is 1. The van der Waals surface area contributed by atoms with Gasteiger partial charge in [-0.15, -0.1) is 0 Å². The molecule has 29 heavy (non-hydrogen) atoms. The lowest BCUT2D eigenvalue weighted by molar-refractivity contribution is 0.0526. The maximum atomic E-state index is 13.0. The monoisotopic (exact) mass is 413 g/mol. The van der Waals surface area contributed by atoms with E-state index >= 15 is 0 Å². The van der Waals surface area contributed by atoms with Crippen molar-refractivity contribution in [3.8, 4) is 5.75 Å². The topological polar surface area (TPSA) is 47.6 Å². The molecule has 3 rings (SSSR count). The third kappa shape index (κ3) is 5.96. The fourth-order valence-corrected chi connectivity index (χ4v) is 2.90. The number of carbonyl (C=O) groups excluding carboxylic acids is 1. The zero-order valence-electron chi connectivity index (χ0n) is 16.0. The first-order valence-corrected chi connectivity index (χ1v) is 9.59. The molecule has 0 saturated carbocycles. The molecule has 0 aromatic heterocycles. The van der Waals surface area contributed by atoms with E-state index in [2.05, 4.69) is 5.32 Å². The van der Waals surface area contributed by atoms with E-state index in [-0.39, 0.29) is 11.8 Å². The van der Waals surface area contributed by atoms with Crippen LogP contribution < -0.4 is 10.1 Å². The third-order valence-electron chi connectivity index (χ3n) is 4.21. The van der Waals surface area contributed by atoms with Gasteiger partial charge in [-0.25, -0.2) is 9.18 Å². The van der Waals surface area contributed by atoms with Crippen molar-refractivity contribution in [3.05, 3.63) is 94.3 Å². The molecule has 0 aliphatic heterocycles. The average Bonchev–Trinajstić information content (AvgIpc) is 2.73. The fourth-order valence-electron chi connectivity index (χ4n) is 2.70. The van der Waals surface area contributed by atoms with Gasteiger partial charge in [-0.05, 0) is 67.1 Å². The van der Waals surface area contributed by atoms with Gasteiger partial charge in [0.1, 0.15) is 18.2 Å². The smallest absolute Gasteiger partial charge is 0.338 e. The molecular weight excluding hydrogens is 393 g/mol. The molecule has 0 unspecified atom stereocenters. The molecule has 4 nitrogen and oxygen atoms in total. The number of halogens is 2. The van der Waals surface area contributed by atoms with Crippen molar-refractivity contribution in [1.29, 1.82) is 0 Å². The van der Waals surface area contributed by atoms with E-state index in [1.54, 1.807) is 37.3 Å². The van der Waals surface area contributed by atoms with Crippen molar-refractivity contribution in [2.75, 3.05) is 11.9 Å². The standard InChI is InChI=1S/C23H21ClFNO3/c1-2-28-23(27)17-5-10-21(11-6-17)26-14-18-13-19(24)7-12-22(18)29-15-16-3-8-20(25)9-4-16/h3-13,26H,2,14-15H2,1H3. The zero-order chi connectivity index (χ0) is 20.6. The first kappa shape index (κ1) is 20.7. The fraction of sp³-hybridized carbons (Fsp3) is 0.174. The van der Waals surface area contributed by atoms with Crippen LogP contribution in [-0.2, 0) is 17.9 Å². The molecular formula is C23H21ClFNO3. The Morgan fingerprint density at radius 2 is 1.76 bits per heavy atom. The summed E-state index contributed by atoms with van der Waals surface area (Å²) in [5.74, 6) is 0.0684. The Morgan fingerprint density at radius 3 is 2.45 bits per heavy atom. The second-order valence-corrected chi connectivity index (χ2v) is 6.75. The van der Waals surface area contributed by atoms with Crippen LogP contribution >= 0.6 is 11.6 Å². The molecule has 0 heterocycles. The highest BCUT2D eigenvalue weighted by Crippen LogP contribution is 2.25. The predicted molar refractivity (Wildman–Crippen MR) is 112 cm³/mol. The van der Waals surface area contributed by atoms with Crippen LogP contribution in [0.15, 0.2) is 66.7 Å². The molecule has 6 heteroatoms. The van der Waals surface area contributed by atoms with Crippen molar-refractivity contribution in [1.82, 2.24) is 0 Å². The lowest BCUT2D eigenvalue weighted by atomic mass is 10.1. The Morgan fingerprint density at radius 1 is 1.03 bits per heavy atom. The van der Waals surface area contributed by atoms with Gasteiger partial charge in [-0.2, -0.15) is 0 Å². The minimum absolute atomic E-state index is 0.279. The van der Waals surface area contributed by atoms with Crippen LogP contribution in [0.25, 0.3) is 0 Å². The van der Waals surface area contributed by atoms with Crippen LogP contribution in [0.3, 0.4) is 0 Å². The number of ether oxygens (including phenoxy) is 2. The number of carbonyl (C=O) groups is 1. The molecule has 0 atom stereocenters. The van der Waals surface area contributed by atoms with Crippen molar-refractivity contribution in [2.24, 2.45) is 0 Å². The van der Waals surface area contributed by atoms with Crippen molar-refractivity contribution in [3.63, 3.8) is 0 Å². The molecule has 0 saturated heterocycles. The second kappa shape index (κ2) is 9.94. The van der Waals surface area contributed by atoms with Crippen LogP contribution in [0.4, 0.5) is 10.1 Å². The summed E-state index contributed by atoms with van der Waals surface area (Å²) in [5.41, 5.74) is 3.11. The molecule has 0 aliphatic carbocycles. The van der Waals surface area contributed by atoms with Crippen molar-refractivity contribution < 1.29 is 18.7 Å². The van der Waals surface area contributed by atoms with Gasteiger partial charge in [0.2, 0.25) is 0 Å². The van der Waals surface area contributed by atoms with E-state index in [1.165, 1.54) is 12.1 Å². The van der Waals surface area contributed by atoms with E-state index in [0.29, 0.717) is 36.1 Å². The van der Waals surface area contributed by atoms with Gasteiger partial charge >= 0.3 is 5.97 Å². The van der Waals surface area contributed by atoms with Gasteiger partial charge in [0.25, 0.3) is 0 Å². The molecule has 0 amide bonds. The molecule has 1 N–H and O–H groups in total. The molecule has 3 aromatic carbocycles. The van der Waals surface area contributed by atoms with Crippen LogP contribution in [0.1, 0.15) is 28.4 Å². The number of esters is 1. The van der Waals surface area contributed by atoms with Crippen LogP contribution in [-0.4, -0.2) is 12.6 Å². The molecule has 0 fully saturated rings. The van der Waals surface area contributed by atoms with Crippen LogP contribution in [0.2, 0.25) is 5.02 Å². The summed E-state index contributed by atoms with van der Waals surface area (Å²) in [6.45, 7) is 2.92. The van der Waals surface area contributed by atoms with Gasteiger partial charge in [-0.3, -0.25) is 0 Å². The van der Waals surface area contributed by atoms with Gasteiger partial charge < -0.3 is 14.8 Å². The lowest BCUT2D eigenvalue weighted by Crippen LogP contribution is -2.06. The maximum absolute atomic E-state index is 13.0. The van der Waals surface area contributed by atoms with Crippen molar-refractivity contribution >= 4 is 23.3 Å². The number of rotatable bonds is 8. The lowest BCUT2D eigenvalue weighted by Gasteiger charge is -2.14. The summed E-state index contributed by atoms with van der Waals surface area (Å²) >= 11 is 6.14. The molecule has 3 aromatic rings. The van der Waals surface area contributed by atoms with Gasteiger partial charge in [0.05, 0.1) is 12.2 Å². The minimum atomic E-state index is -0.342. The molecule has 0 spiro atoms. The first-order chi connectivity index (χ1) is 14.0. The summed E-state index contributed by atoms with van der Waals surface area (Å²) in [5, 5.41) is 3.90. The van der Waals surface area contributed by atoms with E-state index in [0.717, 1.165) is 16.8 Å². The Kier molecular flexibility index (Phi) is 7.09. The largest absolute Gasteiger partial charge is 0.489 e. The SMILES string of the molecule is CCOC(=O)c1ccc(NCc2cc(Cl)ccc2OCc2ccc(F)cc2)cc1. The molecule has 0 radical (unpaired) electrons. The normalized spacial score (nSPS) is 10.4. The Balaban J connectivity index is 1.64. The minimum Gasteiger partial charge on any atom is -0.489 e. The number of hydrogen-bond donors (Lipinski definition) is 1. The quantitative estimate of drug-likeness (QED) is 0.471. The highest BCUT2D eigenvalue weighted by Gasteiger charge is 2.08. The first-order valence-electron chi connectivity index (χ1n) is 9.22. The highest BCUT2D eigenvalue weighted by molar-refractivity contribution is 6.30. The average molecular weight is 414 g/mol. The van der Waals surface area contributed by atoms with Gasteiger partial charge in [0.15, 0.2) is 0 Å². The van der Waals surface area contributed by atoms with Crippen LogP contribution in [0.5, 0.6) is 5.75 Å². The Labute approximate surface area is 174 Å². The van der Waals surface area contributed by atoms with E-state index in [4.69, 9.17) is 21.1 Å². The van der Waals surface area contributed by atoms with Gasteiger partial charge in [0, 0.05) is 22.8 Å². The summed E-state index contributed by atoms with van der Waals surface area (Å²) < 4.78 is 23.9. The second-order valence-electron chi connectivity index (χ2n) is 6.32. The van der Waals surface area contributed by atoms with Crippen molar-refractivity contribution in [2.45, 2.75) is 20.1 Å². The summed E-state index contributed by atoms with van der Waals surface area (Å²) in [4.78, 5) is 11.7. The summed E-state index contributed by atoms with van der Waals surface area (Å²) in [6, 6.07) is 18.7. The molecule has 150 valence electrons. The number of nitrogens with one attached hydrogen (secondary N) is 1. The molecule has 0 aliphatic rings. The predicted octanol–water partition coefficient (Wildman–Crippen LogP) is 5.85. The van der Waals surface area contributed by atoms with Crippen LogP contribution in [0, 0.1) is 5.82 Å². The Bertz CT molecular complexity index is 959. The van der Waals surface area contributed by atoms with Gasteiger partial charge in [-0.1, -0.05) is 23.7 Å². The number of hydrogen-bond acceptors (Lipinski definition) is 4. The van der Waals surface area contributed by atoms with E-state index in [1.807, 2.05) is 24.3 Å².